The zero-order valence-electron chi connectivity index (χ0n) is 16.3. The van der Waals surface area contributed by atoms with Crippen molar-refractivity contribution in [1.29, 1.82) is 0 Å². The summed E-state index contributed by atoms with van der Waals surface area (Å²) in [6, 6.07) is 16.2. The standard InChI is InChI=1S/C25H28O2/c1-3-27-25-14-12-21(13-15-25)5-4-20-6-8-22(9-7-20)16-19(2)17-24(26)18-23-10-11-23/h6-9,12-15,19,23H,3,10-11,16-18H2,1-2H3. The maximum absolute atomic E-state index is 12.0. The van der Waals surface area contributed by atoms with Gasteiger partial charge in [0.25, 0.3) is 0 Å². The molecule has 0 saturated heterocycles. The van der Waals surface area contributed by atoms with Crippen molar-refractivity contribution in [2.45, 2.75) is 46.0 Å². The van der Waals surface area contributed by atoms with Gasteiger partial charge >= 0.3 is 0 Å². The molecule has 2 aromatic carbocycles. The number of carbonyl (C=O) groups is 1. The number of hydrogen-bond donors (Lipinski definition) is 0. The Kier molecular flexibility index (Phi) is 6.71. The van der Waals surface area contributed by atoms with Crippen molar-refractivity contribution < 1.29 is 9.53 Å². The lowest BCUT2D eigenvalue weighted by atomic mass is 9.94. The first-order chi connectivity index (χ1) is 13.1. The van der Waals surface area contributed by atoms with Crippen LogP contribution in [0.2, 0.25) is 0 Å². The Hall–Kier alpha value is -2.53. The summed E-state index contributed by atoms with van der Waals surface area (Å²) in [6.07, 6.45) is 4.95. The van der Waals surface area contributed by atoms with E-state index >= 15 is 0 Å². The Morgan fingerprint density at radius 2 is 1.63 bits per heavy atom. The minimum Gasteiger partial charge on any atom is -0.494 e. The van der Waals surface area contributed by atoms with Gasteiger partial charge in [0, 0.05) is 24.0 Å². The van der Waals surface area contributed by atoms with Crippen LogP contribution in [-0.4, -0.2) is 12.4 Å². The lowest BCUT2D eigenvalue weighted by Crippen LogP contribution is -2.08. The monoisotopic (exact) mass is 360 g/mol. The third-order valence-corrected chi connectivity index (χ3v) is 4.84. The van der Waals surface area contributed by atoms with Crippen LogP contribution < -0.4 is 4.74 Å². The molecule has 3 rings (SSSR count). The van der Waals surface area contributed by atoms with Crippen molar-refractivity contribution in [2.24, 2.45) is 11.8 Å². The van der Waals surface area contributed by atoms with Gasteiger partial charge in [-0.1, -0.05) is 30.9 Å². The summed E-state index contributed by atoms with van der Waals surface area (Å²) in [4.78, 5) is 12.0. The number of rotatable bonds is 8. The summed E-state index contributed by atoms with van der Waals surface area (Å²) in [5.41, 5.74) is 3.25. The first kappa shape index (κ1) is 19.2. The van der Waals surface area contributed by atoms with Crippen molar-refractivity contribution in [1.82, 2.24) is 0 Å². The summed E-state index contributed by atoms with van der Waals surface area (Å²) < 4.78 is 5.44. The van der Waals surface area contributed by atoms with E-state index in [9.17, 15) is 4.79 Å². The fourth-order valence-corrected chi connectivity index (χ4v) is 3.26. The van der Waals surface area contributed by atoms with Crippen molar-refractivity contribution in [3.8, 4) is 17.6 Å². The highest BCUT2D eigenvalue weighted by molar-refractivity contribution is 5.79. The molecule has 2 heteroatoms. The van der Waals surface area contributed by atoms with Gasteiger partial charge in [0.2, 0.25) is 0 Å². The molecule has 2 aromatic rings. The van der Waals surface area contributed by atoms with Gasteiger partial charge < -0.3 is 4.74 Å². The molecule has 0 spiro atoms. The predicted octanol–water partition coefficient (Wildman–Crippen LogP) is 5.42. The molecule has 1 aliphatic rings. The zero-order valence-corrected chi connectivity index (χ0v) is 16.3. The summed E-state index contributed by atoms with van der Waals surface area (Å²) in [7, 11) is 0. The molecule has 0 aliphatic heterocycles. The maximum atomic E-state index is 12.0. The van der Waals surface area contributed by atoms with Crippen LogP contribution in [0, 0.1) is 23.7 Å². The molecule has 0 N–H and O–H groups in total. The number of ketones is 1. The third kappa shape index (κ3) is 6.61. The molecule has 1 fully saturated rings. The lowest BCUT2D eigenvalue weighted by Gasteiger charge is -2.10. The van der Waals surface area contributed by atoms with E-state index in [1.807, 2.05) is 31.2 Å². The van der Waals surface area contributed by atoms with Crippen molar-refractivity contribution in [3.63, 3.8) is 0 Å². The van der Waals surface area contributed by atoms with Gasteiger partial charge in [0.1, 0.15) is 11.5 Å². The summed E-state index contributed by atoms with van der Waals surface area (Å²) in [5.74, 6) is 8.80. The number of benzene rings is 2. The van der Waals surface area contributed by atoms with Gasteiger partial charge in [-0.3, -0.25) is 4.79 Å². The molecule has 0 bridgehead atoms. The molecular formula is C25H28O2. The second-order valence-electron chi connectivity index (χ2n) is 7.60. The predicted molar refractivity (Wildman–Crippen MR) is 110 cm³/mol. The highest BCUT2D eigenvalue weighted by Crippen LogP contribution is 2.33. The molecule has 1 saturated carbocycles. The molecule has 0 radical (unpaired) electrons. The Morgan fingerprint density at radius 1 is 1.04 bits per heavy atom. The molecule has 2 nitrogen and oxygen atoms in total. The summed E-state index contributed by atoms with van der Waals surface area (Å²) in [6.45, 7) is 4.82. The number of carbonyl (C=O) groups excluding carboxylic acids is 1. The van der Waals surface area contributed by atoms with Crippen LogP contribution in [-0.2, 0) is 11.2 Å². The Balaban J connectivity index is 1.51. The fourth-order valence-electron chi connectivity index (χ4n) is 3.26. The molecule has 0 heterocycles. The van der Waals surface area contributed by atoms with Crippen LogP contribution in [0.25, 0.3) is 0 Å². The minimum atomic E-state index is 0.400. The first-order valence-electron chi connectivity index (χ1n) is 9.98. The molecule has 0 aromatic heterocycles. The van der Waals surface area contributed by atoms with Gasteiger partial charge in [0.15, 0.2) is 0 Å². The lowest BCUT2D eigenvalue weighted by molar-refractivity contribution is -0.120. The normalized spacial score (nSPS) is 14.1. The van der Waals surface area contributed by atoms with Crippen LogP contribution >= 0.6 is 0 Å². The first-order valence-corrected chi connectivity index (χ1v) is 9.98. The maximum Gasteiger partial charge on any atom is 0.133 e. The molecule has 140 valence electrons. The van der Waals surface area contributed by atoms with Gasteiger partial charge in [-0.25, -0.2) is 0 Å². The van der Waals surface area contributed by atoms with Gasteiger partial charge in [-0.05, 0) is 80.0 Å². The van der Waals surface area contributed by atoms with Gasteiger partial charge in [-0.2, -0.15) is 0 Å². The minimum absolute atomic E-state index is 0.400. The van der Waals surface area contributed by atoms with Gasteiger partial charge in [0.05, 0.1) is 6.61 Å². The van der Waals surface area contributed by atoms with E-state index < -0.39 is 0 Å². The second-order valence-corrected chi connectivity index (χ2v) is 7.60. The molecule has 1 aliphatic carbocycles. The van der Waals surface area contributed by atoms with E-state index in [0.29, 0.717) is 30.6 Å². The largest absolute Gasteiger partial charge is 0.494 e. The van der Waals surface area contributed by atoms with E-state index in [-0.39, 0.29) is 0 Å². The summed E-state index contributed by atoms with van der Waals surface area (Å²) >= 11 is 0. The highest BCUT2D eigenvalue weighted by Gasteiger charge is 2.24. The highest BCUT2D eigenvalue weighted by atomic mass is 16.5. The molecular weight excluding hydrogens is 332 g/mol. The second kappa shape index (κ2) is 9.42. The third-order valence-electron chi connectivity index (χ3n) is 4.84. The number of Topliss-reactive ketones (excluding diaryl/α,β-unsaturated/α-hetero) is 1. The Morgan fingerprint density at radius 3 is 2.19 bits per heavy atom. The van der Waals surface area contributed by atoms with Crippen LogP contribution in [0.5, 0.6) is 5.75 Å². The average Bonchev–Trinajstić information content (AvgIpc) is 3.46. The number of hydrogen-bond acceptors (Lipinski definition) is 2. The molecule has 1 atom stereocenters. The van der Waals surface area contributed by atoms with Crippen molar-refractivity contribution in [2.75, 3.05) is 6.61 Å². The van der Waals surface area contributed by atoms with Crippen LogP contribution in [0.1, 0.15) is 56.2 Å². The Labute approximate surface area is 163 Å². The van der Waals surface area contributed by atoms with Crippen molar-refractivity contribution >= 4 is 5.78 Å². The number of ether oxygens (including phenoxy) is 1. The quantitative estimate of drug-likeness (QED) is 0.587. The molecule has 0 amide bonds. The van der Waals surface area contributed by atoms with E-state index in [4.69, 9.17) is 4.74 Å². The van der Waals surface area contributed by atoms with Crippen molar-refractivity contribution in [3.05, 3.63) is 65.2 Å². The summed E-state index contributed by atoms with van der Waals surface area (Å²) in [5, 5.41) is 0. The van der Waals surface area contributed by atoms with E-state index in [1.54, 1.807) is 0 Å². The SMILES string of the molecule is CCOc1ccc(C#Cc2ccc(CC(C)CC(=O)CC3CC3)cc2)cc1. The van der Waals surface area contributed by atoms with Crippen LogP contribution in [0.3, 0.4) is 0 Å². The van der Waals surface area contributed by atoms with Crippen LogP contribution in [0.4, 0.5) is 0 Å². The molecule has 27 heavy (non-hydrogen) atoms. The van der Waals surface area contributed by atoms with Gasteiger partial charge in [-0.15, -0.1) is 0 Å². The zero-order chi connectivity index (χ0) is 19.1. The van der Waals surface area contributed by atoms with Crippen LogP contribution in [0.15, 0.2) is 48.5 Å². The topological polar surface area (TPSA) is 26.3 Å². The van der Waals surface area contributed by atoms with E-state index in [1.165, 1.54) is 18.4 Å². The fraction of sp³-hybridized carbons (Fsp3) is 0.400. The average molecular weight is 360 g/mol. The smallest absolute Gasteiger partial charge is 0.133 e. The van der Waals surface area contributed by atoms with E-state index in [2.05, 4.69) is 43.0 Å². The molecule has 1 unspecified atom stereocenters. The van der Waals surface area contributed by atoms with E-state index in [0.717, 1.165) is 29.7 Å². The Bertz CT molecular complexity index is 802.